The summed E-state index contributed by atoms with van der Waals surface area (Å²) in [5, 5.41) is 0. The molecule has 3 rings (SSSR count). The van der Waals surface area contributed by atoms with Gasteiger partial charge in [-0.25, -0.2) is 4.98 Å². The van der Waals surface area contributed by atoms with Gasteiger partial charge in [-0.2, -0.15) is 0 Å². The molecule has 4 heteroatoms. The van der Waals surface area contributed by atoms with Gasteiger partial charge in [0.25, 0.3) is 0 Å². The summed E-state index contributed by atoms with van der Waals surface area (Å²) in [7, 11) is 0. The van der Waals surface area contributed by atoms with E-state index in [2.05, 4.69) is 35.9 Å². The fraction of sp³-hybridized carbons (Fsp3) is 0.143. The summed E-state index contributed by atoms with van der Waals surface area (Å²) in [6.07, 6.45) is 1.81. The van der Waals surface area contributed by atoms with Crippen LogP contribution in [0.1, 0.15) is 11.1 Å². The van der Waals surface area contributed by atoms with Gasteiger partial charge in [-0.05, 0) is 55.4 Å². The van der Waals surface area contributed by atoms with Crippen molar-refractivity contribution in [1.29, 1.82) is 0 Å². The number of imidazole rings is 1. The number of nitrogens with one attached hydrogen (secondary N) is 1. The minimum atomic E-state index is 0.678. The molecule has 0 bridgehead atoms. The minimum absolute atomic E-state index is 0.678. The number of aromatic amines is 1. The zero-order chi connectivity index (χ0) is 12.7. The van der Waals surface area contributed by atoms with Crippen LogP contribution in [0.25, 0.3) is 16.9 Å². The van der Waals surface area contributed by atoms with Gasteiger partial charge in [-0.3, -0.25) is 4.57 Å². The average Bonchev–Trinajstić information content (AvgIpc) is 2.67. The van der Waals surface area contributed by atoms with E-state index in [1.54, 1.807) is 0 Å². The van der Waals surface area contributed by atoms with Crippen LogP contribution in [0.2, 0.25) is 0 Å². The van der Waals surface area contributed by atoms with Crippen molar-refractivity contribution in [3.05, 3.63) is 52.4 Å². The molecule has 2 heterocycles. The molecule has 0 aliphatic heterocycles. The van der Waals surface area contributed by atoms with Gasteiger partial charge in [-0.1, -0.05) is 12.1 Å². The normalized spacial score (nSPS) is 11.0. The van der Waals surface area contributed by atoms with Gasteiger partial charge < -0.3 is 4.98 Å². The van der Waals surface area contributed by atoms with Crippen molar-refractivity contribution in [2.45, 2.75) is 13.8 Å². The molecule has 90 valence electrons. The highest BCUT2D eigenvalue weighted by molar-refractivity contribution is 7.71. The molecule has 3 aromatic rings. The van der Waals surface area contributed by atoms with Crippen LogP contribution in [-0.4, -0.2) is 14.5 Å². The molecule has 0 saturated carbocycles. The number of aryl methyl sites for hydroxylation is 2. The first-order valence-electron chi connectivity index (χ1n) is 5.80. The maximum Gasteiger partial charge on any atom is 0.184 e. The summed E-state index contributed by atoms with van der Waals surface area (Å²) in [5.74, 6) is 0. The lowest BCUT2D eigenvalue weighted by molar-refractivity contribution is 1.04. The Morgan fingerprint density at radius 1 is 1.22 bits per heavy atom. The highest BCUT2D eigenvalue weighted by Gasteiger charge is 2.09. The lowest BCUT2D eigenvalue weighted by Crippen LogP contribution is -1.95. The van der Waals surface area contributed by atoms with Crippen molar-refractivity contribution in [2.75, 3.05) is 0 Å². The van der Waals surface area contributed by atoms with Crippen molar-refractivity contribution < 1.29 is 0 Å². The van der Waals surface area contributed by atoms with E-state index in [1.807, 2.05) is 29.0 Å². The Kier molecular flexibility index (Phi) is 2.52. The van der Waals surface area contributed by atoms with E-state index in [0.29, 0.717) is 4.77 Å². The number of hydrogen-bond acceptors (Lipinski definition) is 2. The summed E-state index contributed by atoms with van der Waals surface area (Å²) >= 11 is 5.41. The summed E-state index contributed by atoms with van der Waals surface area (Å²) in [6, 6.07) is 10.2. The van der Waals surface area contributed by atoms with Gasteiger partial charge in [0, 0.05) is 6.20 Å². The standard InChI is InChI=1S/C14H13N3S/c1-9-4-3-5-11(8-9)17-13-12(16-14(17)18)10(2)6-7-15-13/h3-8H,1-2H3,(H,16,18). The molecule has 0 spiro atoms. The molecular weight excluding hydrogens is 242 g/mol. The first kappa shape index (κ1) is 11.2. The van der Waals surface area contributed by atoms with Crippen LogP contribution < -0.4 is 0 Å². The maximum absolute atomic E-state index is 5.41. The van der Waals surface area contributed by atoms with Gasteiger partial charge in [0.2, 0.25) is 0 Å². The first-order chi connectivity index (χ1) is 8.66. The second-order valence-electron chi connectivity index (χ2n) is 4.43. The molecule has 0 radical (unpaired) electrons. The van der Waals surface area contributed by atoms with E-state index >= 15 is 0 Å². The van der Waals surface area contributed by atoms with E-state index in [-0.39, 0.29) is 0 Å². The molecule has 18 heavy (non-hydrogen) atoms. The predicted octanol–water partition coefficient (Wildman–Crippen LogP) is 3.70. The first-order valence-corrected chi connectivity index (χ1v) is 6.21. The summed E-state index contributed by atoms with van der Waals surface area (Å²) in [5.41, 5.74) is 5.29. The molecule has 0 atom stereocenters. The number of hydrogen-bond donors (Lipinski definition) is 1. The van der Waals surface area contributed by atoms with Crippen molar-refractivity contribution >= 4 is 23.4 Å². The highest BCUT2D eigenvalue weighted by atomic mass is 32.1. The fourth-order valence-electron chi connectivity index (χ4n) is 2.13. The summed E-state index contributed by atoms with van der Waals surface area (Å²) < 4.78 is 2.66. The van der Waals surface area contributed by atoms with Gasteiger partial charge in [-0.15, -0.1) is 0 Å². The van der Waals surface area contributed by atoms with Crippen LogP contribution in [0, 0.1) is 18.6 Å². The number of pyridine rings is 1. The van der Waals surface area contributed by atoms with E-state index in [1.165, 1.54) is 5.56 Å². The summed E-state index contributed by atoms with van der Waals surface area (Å²) in [6.45, 7) is 4.12. The molecule has 1 aromatic carbocycles. The van der Waals surface area contributed by atoms with E-state index in [9.17, 15) is 0 Å². The van der Waals surface area contributed by atoms with Crippen LogP contribution >= 0.6 is 12.2 Å². The smallest absolute Gasteiger partial charge is 0.184 e. The number of aromatic nitrogens is 3. The quantitative estimate of drug-likeness (QED) is 0.673. The Morgan fingerprint density at radius 3 is 2.83 bits per heavy atom. The fourth-order valence-corrected chi connectivity index (χ4v) is 2.43. The Labute approximate surface area is 110 Å². The van der Waals surface area contributed by atoms with Crippen LogP contribution in [0.4, 0.5) is 0 Å². The number of fused-ring (bicyclic) bond motifs is 1. The zero-order valence-corrected chi connectivity index (χ0v) is 11.1. The summed E-state index contributed by atoms with van der Waals surface area (Å²) in [4.78, 5) is 7.66. The molecule has 0 fully saturated rings. The average molecular weight is 255 g/mol. The topological polar surface area (TPSA) is 33.6 Å². The largest absolute Gasteiger partial charge is 0.329 e. The lowest BCUT2D eigenvalue weighted by atomic mass is 10.2. The Morgan fingerprint density at radius 2 is 2.06 bits per heavy atom. The van der Waals surface area contributed by atoms with Crippen LogP contribution in [0.3, 0.4) is 0 Å². The number of H-pyrrole nitrogens is 1. The third kappa shape index (κ3) is 1.66. The zero-order valence-electron chi connectivity index (χ0n) is 10.3. The molecule has 0 unspecified atom stereocenters. The van der Waals surface area contributed by atoms with Crippen LogP contribution in [0.15, 0.2) is 36.5 Å². The van der Waals surface area contributed by atoms with E-state index < -0.39 is 0 Å². The Balaban J connectivity index is 2.39. The van der Waals surface area contributed by atoms with Crippen molar-refractivity contribution in [3.8, 4) is 5.69 Å². The minimum Gasteiger partial charge on any atom is -0.329 e. The van der Waals surface area contributed by atoms with Crippen molar-refractivity contribution in [2.24, 2.45) is 0 Å². The molecule has 0 aliphatic rings. The van der Waals surface area contributed by atoms with Crippen LogP contribution in [-0.2, 0) is 0 Å². The second-order valence-corrected chi connectivity index (χ2v) is 4.82. The van der Waals surface area contributed by atoms with Crippen molar-refractivity contribution in [3.63, 3.8) is 0 Å². The van der Waals surface area contributed by atoms with Crippen LogP contribution in [0.5, 0.6) is 0 Å². The molecule has 0 aliphatic carbocycles. The highest BCUT2D eigenvalue weighted by Crippen LogP contribution is 2.20. The SMILES string of the molecule is Cc1cccc(-n2c(=S)[nH]c3c(C)ccnc32)c1. The van der Waals surface area contributed by atoms with Gasteiger partial charge >= 0.3 is 0 Å². The van der Waals surface area contributed by atoms with Crippen molar-refractivity contribution in [1.82, 2.24) is 14.5 Å². The lowest BCUT2D eigenvalue weighted by Gasteiger charge is -2.04. The molecule has 0 amide bonds. The number of benzene rings is 1. The molecule has 2 aromatic heterocycles. The predicted molar refractivity (Wildman–Crippen MR) is 75.7 cm³/mol. The molecule has 1 N–H and O–H groups in total. The molecular formula is C14H13N3S. The van der Waals surface area contributed by atoms with E-state index in [0.717, 1.165) is 22.4 Å². The Hall–Kier alpha value is -1.94. The van der Waals surface area contributed by atoms with Gasteiger partial charge in [0.05, 0.1) is 11.2 Å². The number of rotatable bonds is 1. The van der Waals surface area contributed by atoms with E-state index in [4.69, 9.17) is 12.2 Å². The number of nitrogens with zero attached hydrogens (tertiary/aromatic N) is 2. The molecule has 0 saturated heterocycles. The monoisotopic (exact) mass is 255 g/mol. The van der Waals surface area contributed by atoms with Gasteiger partial charge in [0.15, 0.2) is 10.4 Å². The third-order valence-corrected chi connectivity index (χ3v) is 3.33. The maximum atomic E-state index is 5.41. The Bertz CT molecular complexity index is 783. The third-order valence-electron chi connectivity index (χ3n) is 3.05. The van der Waals surface area contributed by atoms with Gasteiger partial charge in [0.1, 0.15) is 0 Å². The second kappa shape index (κ2) is 4.07. The molecule has 3 nitrogen and oxygen atoms in total.